The molecule has 0 heterocycles. The van der Waals surface area contributed by atoms with Gasteiger partial charge in [0.1, 0.15) is 13.2 Å². The standard InChI is InChI=1S/C70H122O6/c1-4-7-10-13-16-19-22-25-27-29-31-32-33-34-35-36-37-38-39-41-42-45-48-51-54-57-60-63-69(72)75-66-67(65-74-68(71)62-59-56-53-50-47-44-24-21-18-15-12-9-6-3)76-70(73)64-61-58-55-52-49-46-43-40-30-28-26-23-20-17-14-11-8-5-2/h9,12,18,21-22,25,28-31,44,47,53,56,67H,4-8,10-11,13-17,19-20,23-24,26-27,32-43,45-46,48-52,54-55,57-66H2,1-3H3/b12-9-,21-18-,25-22-,30-28-,31-29-,47-44-,56-53-. The van der Waals surface area contributed by atoms with E-state index in [1.165, 1.54) is 205 Å². The van der Waals surface area contributed by atoms with Crippen molar-refractivity contribution in [2.45, 2.75) is 329 Å². The normalized spacial score (nSPS) is 12.6. The predicted octanol–water partition coefficient (Wildman–Crippen LogP) is 22.3. The summed E-state index contributed by atoms with van der Waals surface area (Å²) in [5.41, 5.74) is 0. The summed E-state index contributed by atoms with van der Waals surface area (Å²) >= 11 is 0. The van der Waals surface area contributed by atoms with Crippen molar-refractivity contribution in [3.63, 3.8) is 0 Å². The van der Waals surface area contributed by atoms with Crippen LogP contribution in [-0.4, -0.2) is 37.2 Å². The third kappa shape index (κ3) is 61.4. The minimum absolute atomic E-state index is 0.0985. The van der Waals surface area contributed by atoms with Gasteiger partial charge in [0.2, 0.25) is 0 Å². The fourth-order valence-electron chi connectivity index (χ4n) is 9.25. The van der Waals surface area contributed by atoms with Crippen LogP contribution in [-0.2, 0) is 28.6 Å². The van der Waals surface area contributed by atoms with E-state index in [0.29, 0.717) is 19.3 Å². The summed E-state index contributed by atoms with van der Waals surface area (Å²) in [5.74, 6) is -0.976. The molecule has 0 aliphatic heterocycles. The van der Waals surface area contributed by atoms with Crippen LogP contribution in [0.25, 0.3) is 0 Å². The first-order chi connectivity index (χ1) is 37.5. The SMILES string of the molecule is CC/C=C\C/C=C\C/C=C\C/C=C\CCC(=O)OCC(COC(=O)CCCCCCCCCCCCCCCCC/C=C\C/C=C\CCCCCCC)OC(=O)CCCCCCCCC/C=C\CCCCCCCCC. The second-order valence-electron chi connectivity index (χ2n) is 21.6. The Morgan fingerprint density at radius 2 is 0.539 bits per heavy atom. The molecule has 0 saturated heterocycles. The van der Waals surface area contributed by atoms with Crippen molar-refractivity contribution >= 4 is 17.9 Å². The highest BCUT2D eigenvalue weighted by Crippen LogP contribution is 2.17. The lowest BCUT2D eigenvalue weighted by Gasteiger charge is -2.18. The monoisotopic (exact) mass is 1060 g/mol. The molecule has 76 heavy (non-hydrogen) atoms. The Morgan fingerprint density at radius 3 is 0.895 bits per heavy atom. The molecule has 438 valence electrons. The first kappa shape index (κ1) is 72.6. The van der Waals surface area contributed by atoms with Gasteiger partial charge in [-0.2, -0.15) is 0 Å². The van der Waals surface area contributed by atoms with Crippen molar-refractivity contribution < 1.29 is 28.6 Å². The summed E-state index contributed by atoms with van der Waals surface area (Å²) in [7, 11) is 0. The van der Waals surface area contributed by atoms with Crippen molar-refractivity contribution in [1.29, 1.82) is 0 Å². The average molecular weight is 1060 g/mol. The second kappa shape index (κ2) is 64.1. The Balaban J connectivity index is 4.29. The number of hydrogen-bond acceptors (Lipinski definition) is 6. The number of allylic oxidation sites excluding steroid dienone is 14. The van der Waals surface area contributed by atoms with Gasteiger partial charge < -0.3 is 14.2 Å². The molecule has 0 radical (unpaired) electrons. The van der Waals surface area contributed by atoms with Crippen LogP contribution in [0.5, 0.6) is 0 Å². The molecule has 0 aromatic rings. The molecule has 0 saturated carbocycles. The lowest BCUT2D eigenvalue weighted by atomic mass is 10.0. The van der Waals surface area contributed by atoms with Gasteiger partial charge in [-0.25, -0.2) is 0 Å². The largest absolute Gasteiger partial charge is 0.462 e. The minimum Gasteiger partial charge on any atom is -0.462 e. The van der Waals surface area contributed by atoms with E-state index in [9.17, 15) is 14.4 Å². The molecule has 0 aliphatic rings. The molecule has 0 fully saturated rings. The molecule has 6 heteroatoms. The van der Waals surface area contributed by atoms with Gasteiger partial charge in [0, 0.05) is 19.3 Å². The van der Waals surface area contributed by atoms with Crippen molar-refractivity contribution in [2.75, 3.05) is 13.2 Å². The van der Waals surface area contributed by atoms with E-state index in [0.717, 1.165) is 70.6 Å². The van der Waals surface area contributed by atoms with Gasteiger partial charge in [-0.15, -0.1) is 0 Å². The highest BCUT2D eigenvalue weighted by atomic mass is 16.6. The van der Waals surface area contributed by atoms with E-state index in [1.807, 2.05) is 6.08 Å². The zero-order chi connectivity index (χ0) is 55.0. The Kier molecular flexibility index (Phi) is 61.2. The van der Waals surface area contributed by atoms with Gasteiger partial charge in [0.15, 0.2) is 6.10 Å². The van der Waals surface area contributed by atoms with Crippen molar-refractivity contribution in [1.82, 2.24) is 0 Å². The molecule has 6 nitrogen and oxygen atoms in total. The molecule has 0 aromatic carbocycles. The lowest BCUT2D eigenvalue weighted by molar-refractivity contribution is -0.166. The molecule has 1 unspecified atom stereocenters. The van der Waals surface area contributed by atoms with Crippen LogP contribution >= 0.6 is 0 Å². The van der Waals surface area contributed by atoms with Gasteiger partial charge >= 0.3 is 17.9 Å². The second-order valence-corrected chi connectivity index (χ2v) is 21.6. The topological polar surface area (TPSA) is 78.9 Å². The third-order valence-electron chi connectivity index (χ3n) is 14.1. The Bertz CT molecular complexity index is 1450. The molecule has 0 spiro atoms. The van der Waals surface area contributed by atoms with E-state index in [4.69, 9.17) is 14.2 Å². The first-order valence-electron chi connectivity index (χ1n) is 32.6. The number of rotatable bonds is 59. The molecule has 0 rings (SSSR count). The molecule has 1 atom stereocenters. The van der Waals surface area contributed by atoms with Crippen LogP contribution in [0, 0.1) is 0 Å². The Labute approximate surface area is 471 Å². The number of carbonyl (C=O) groups is 3. The van der Waals surface area contributed by atoms with Crippen molar-refractivity contribution in [3.8, 4) is 0 Å². The summed E-state index contributed by atoms with van der Waals surface area (Å²) in [6.07, 6.45) is 84.7. The maximum Gasteiger partial charge on any atom is 0.306 e. The summed E-state index contributed by atoms with van der Waals surface area (Å²) in [6.45, 7) is 6.48. The number of ether oxygens (including phenoxy) is 3. The molecule has 0 aromatic heterocycles. The number of unbranched alkanes of at least 4 members (excludes halogenated alkanes) is 34. The van der Waals surface area contributed by atoms with Gasteiger partial charge in [-0.1, -0.05) is 286 Å². The van der Waals surface area contributed by atoms with Crippen LogP contribution in [0.2, 0.25) is 0 Å². The van der Waals surface area contributed by atoms with Crippen LogP contribution in [0.3, 0.4) is 0 Å². The summed E-state index contributed by atoms with van der Waals surface area (Å²) in [5, 5.41) is 0. The zero-order valence-corrected chi connectivity index (χ0v) is 50.3. The van der Waals surface area contributed by atoms with E-state index in [2.05, 4.69) is 99.8 Å². The number of hydrogen-bond donors (Lipinski definition) is 0. The molecule has 0 N–H and O–H groups in total. The quantitative estimate of drug-likeness (QED) is 0.0261. The maximum atomic E-state index is 12.9. The maximum absolute atomic E-state index is 12.9. The van der Waals surface area contributed by atoms with Gasteiger partial charge in [-0.3, -0.25) is 14.4 Å². The minimum atomic E-state index is -0.808. The van der Waals surface area contributed by atoms with E-state index >= 15 is 0 Å². The van der Waals surface area contributed by atoms with Gasteiger partial charge in [0.05, 0.1) is 0 Å². The smallest absolute Gasteiger partial charge is 0.306 e. The van der Waals surface area contributed by atoms with Gasteiger partial charge in [0.25, 0.3) is 0 Å². The molecule has 0 aliphatic carbocycles. The number of esters is 3. The highest BCUT2D eigenvalue weighted by Gasteiger charge is 2.19. The van der Waals surface area contributed by atoms with Crippen LogP contribution < -0.4 is 0 Å². The third-order valence-corrected chi connectivity index (χ3v) is 14.1. The molecule has 0 bridgehead atoms. The summed E-state index contributed by atoms with van der Waals surface area (Å²) in [6, 6.07) is 0. The van der Waals surface area contributed by atoms with Crippen molar-refractivity contribution in [3.05, 3.63) is 85.1 Å². The summed E-state index contributed by atoms with van der Waals surface area (Å²) in [4.78, 5) is 38.2. The average Bonchev–Trinajstić information content (AvgIpc) is 3.42. The Morgan fingerprint density at radius 1 is 0.276 bits per heavy atom. The van der Waals surface area contributed by atoms with E-state index in [-0.39, 0.29) is 37.5 Å². The predicted molar refractivity (Wildman–Crippen MR) is 330 cm³/mol. The molecular formula is C70H122O6. The fourth-order valence-corrected chi connectivity index (χ4v) is 9.25. The molecular weight excluding hydrogens is 937 g/mol. The number of carbonyl (C=O) groups excluding carboxylic acids is 3. The van der Waals surface area contributed by atoms with Crippen LogP contribution in [0.15, 0.2) is 85.1 Å². The fraction of sp³-hybridized carbons (Fsp3) is 0.757. The summed E-state index contributed by atoms with van der Waals surface area (Å²) < 4.78 is 16.8. The first-order valence-corrected chi connectivity index (χ1v) is 32.6. The Hall–Kier alpha value is -3.41. The van der Waals surface area contributed by atoms with E-state index < -0.39 is 6.10 Å². The lowest BCUT2D eigenvalue weighted by Crippen LogP contribution is -2.30. The van der Waals surface area contributed by atoms with E-state index in [1.54, 1.807) is 0 Å². The molecule has 0 amide bonds. The zero-order valence-electron chi connectivity index (χ0n) is 50.3. The van der Waals surface area contributed by atoms with Gasteiger partial charge in [-0.05, 0) is 103 Å². The van der Waals surface area contributed by atoms with Crippen LogP contribution in [0.4, 0.5) is 0 Å². The highest BCUT2D eigenvalue weighted by molar-refractivity contribution is 5.71. The van der Waals surface area contributed by atoms with Crippen LogP contribution in [0.1, 0.15) is 323 Å². The van der Waals surface area contributed by atoms with Crippen molar-refractivity contribution in [2.24, 2.45) is 0 Å².